The molecule has 0 aliphatic carbocycles. The van der Waals surface area contributed by atoms with Gasteiger partial charge in [-0.15, -0.1) is 0 Å². The van der Waals surface area contributed by atoms with Crippen molar-refractivity contribution in [3.05, 3.63) is 66.2 Å². The lowest BCUT2D eigenvalue weighted by molar-refractivity contribution is 0.240. The van der Waals surface area contributed by atoms with E-state index in [4.69, 9.17) is 0 Å². The molecule has 0 saturated heterocycles. The van der Waals surface area contributed by atoms with Crippen molar-refractivity contribution < 1.29 is 4.79 Å². The highest BCUT2D eigenvalue weighted by Crippen LogP contribution is 2.16. The van der Waals surface area contributed by atoms with E-state index in [1.165, 1.54) is 0 Å². The van der Waals surface area contributed by atoms with Crippen molar-refractivity contribution in [3.63, 3.8) is 0 Å². The van der Waals surface area contributed by atoms with E-state index in [-0.39, 0.29) is 6.03 Å². The molecular weight excluding hydrogens is 240 g/mol. The van der Waals surface area contributed by atoms with Gasteiger partial charge in [0, 0.05) is 5.56 Å². The normalized spacial score (nSPS) is 14.4. The van der Waals surface area contributed by atoms with E-state index in [1.54, 1.807) is 5.01 Å². The lowest BCUT2D eigenvalue weighted by Crippen LogP contribution is -2.54. The Bertz CT molecular complexity index is 610. The molecule has 0 saturated carbocycles. The van der Waals surface area contributed by atoms with Gasteiger partial charge in [-0.1, -0.05) is 48.5 Å². The zero-order valence-electron chi connectivity index (χ0n) is 10.1. The summed E-state index contributed by atoms with van der Waals surface area (Å²) >= 11 is 0. The van der Waals surface area contributed by atoms with Crippen LogP contribution in [0.15, 0.2) is 65.8 Å². The molecule has 3 rings (SSSR count). The molecule has 0 bridgehead atoms. The third kappa shape index (κ3) is 2.26. The third-order valence-corrected chi connectivity index (χ3v) is 2.73. The van der Waals surface area contributed by atoms with Crippen LogP contribution in [0.4, 0.5) is 10.5 Å². The molecule has 5 nitrogen and oxygen atoms in total. The van der Waals surface area contributed by atoms with Crippen LogP contribution in [-0.2, 0) is 0 Å². The van der Waals surface area contributed by atoms with Gasteiger partial charge in [-0.3, -0.25) is 0 Å². The molecule has 1 heterocycles. The summed E-state index contributed by atoms with van der Waals surface area (Å²) < 4.78 is 0. The summed E-state index contributed by atoms with van der Waals surface area (Å²) in [6.07, 6.45) is 0. The van der Waals surface area contributed by atoms with E-state index in [2.05, 4.69) is 16.0 Å². The zero-order valence-corrected chi connectivity index (χ0v) is 10.1. The van der Waals surface area contributed by atoms with Gasteiger partial charge in [-0.2, -0.15) is 5.10 Å². The van der Waals surface area contributed by atoms with Crippen LogP contribution in [0.2, 0.25) is 0 Å². The predicted molar refractivity (Wildman–Crippen MR) is 73.6 cm³/mol. The summed E-state index contributed by atoms with van der Waals surface area (Å²) in [4.78, 5) is 11.5. The molecular formula is C14H12N4O. The number of urea groups is 1. The number of hydrogen-bond acceptors (Lipinski definition) is 3. The van der Waals surface area contributed by atoms with Crippen LogP contribution < -0.4 is 15.9 Å². The van der Waals surface area contributed by atoms with Gasteiger partial charge < -0.3 is 0 Å². The number of benzene rings is 2. The Kier molecular flexibility index (Phi) is 2.86. The average molecular weight is 252 g/mol. The van der Waals surface area contributed by atoms with Crippen LogP contribution in [0.1, 0.15) is 5.56 Å². The number of para-hydroxylation sites is 1. The minimum Gasteiger partial charge on any atom is -0.245 e. The predicted octanol–water partition coefficient (Wildman–Crippen LogP) is 2.08. The first-order chi connectivity index (χ1) is 9.34. The highest BCUT2D eigenvalue weighted by atomic mass is 16.2. The number of hydrogen-bond donors (Lipinski definition) is 2. The molecule has 0 atom stereocenters. The van der Waals surface area contributed by atoms with Crippen LogP contribution in [0.3, 0.4) is 0 Å². The first-order valence-electron chi connectivity index (χ1n) is 5.89. The molecule has 2 aromatic rings. The Morgan fingerprint density at radius 2 is 1.53 bits per heavy atom. The van der Waals surface area contributed by atoms with Gasteiger partial charge in [0.15, 0.2) is 5.84 Å². The van der Waals surface area contributed by atoms with Gasteiger partial charge >= 0.3 is 6.03 Å². The van der Waals surface area contributed by atoms with Crippen LogP contribution in [0.25, 0.3) is 0 Å². The Morgan fingerprint density at radius 1 is 0.895 bits per heavy atom. The summed E-state index contributed by atoms with van der Waals surface area (Å²) in [5, 5.41) is 5.78. The Morgan fingerprint density at radius 3 is 2.21 bits per heavy atom. The third-order valence-electron chi connectivity index (χ3n) is 2.73. The van der Waals surface area contributed by atoms with E-state index >= 15 is 0 Å². The Balaban J connectivity index is 2.03. The standard InChI is InChI=1S/C14H12N4O/c19-14-16-15-13(11-7-3-1-4-8-11)18(17-14)12-9-5-2-6-10-12/h1-10H,(H2,16,17,19). The highest BCUT2D eigenvalue weighted by Gasteiger charge is 2.22. The molecule has 0 spiro atoms. The summed E-state index contributed by atoms with van der Waals surface area (Å²) in [6, 6.07) is 18.9. The summed E-state index contributed by atoms with van der Waals surface area (Å²) in [5.74, 6) is 0.645. The number of hydrazine groups is 1. The molecule has 2 amide bonds. The number of nitrogens with one attached hydrogen (secondary N) is 2. The van der Waals surface area contributed by atoms with E-state index in [0.29, 0.717) is 5.84 Å². The molecule has 1 aliphatic heterocycles. The minimum absolute atomic E-state index is 0.358. The summed E-state index contributed by atoms with van der Waals surface area (Å²) in [5.41, 5.74) is 6.92. The Labute approximate surface area is 110 Å². The molecule has 2 N–H and O–H groups in total. The molecule has 0 aromatic heterocycles. The zero-order chi connectivity index (χ0) is 13.1. The summed E-state index contributed by atoms with van der Waals surface area (Å²) in [6.45, 7) is 0. The van der Waals surface area contributed by atoms with Crippen molar-refractivity contribution in [3.8, 4) is 0 Å². The number of amides is 2. The molecule has 2 aromatic carbocycles. The smallest absolute Gasteiger partial charge is 0.245 e. The molecule has 0 fully saturated rings. The SMILES string of the molecule is O=C1NN=C(c2ccccc2)N(c2ccccc2)N1. The van der Waals surface area contributed by atoms with E-state index in [1.807, 2.05) is 60.7 Å². The van der Waals surface area contributed by atoms with Crippen LogP contribution >= 0.6 is 0 Å². The fraction of sp³-hybridized carbons (Fsp3) is 0. The number of amidine groups is 1. The van der Waals surface area contributed by atoms with Crippen molar-refractivity contribution >= 4 is 17.6 Å². The number of rotatable bonds is 2. The molecule has 1 aliphatic rings. The molecule has 0 unspecified atom stereocenters. The second-order valence-corrected chi connectivity index (χ2v) is 4.03. The van der Waals surface area contributed by atoms with Crippen molar-refractivity contribution in [1.29, 1.82) is 0 Å². The number of nitrogens with zero attached hydrogens (tertiary/aromatic N) is 2. The van der Waals surface area contributed by atoms with Gasteiger partial charge in [0.1, 0.15) is 0 Å². The fourth-order valence-corrected chi connectivity index (χ4v) is 1.88. The van der Waals surface area contributed by atoms with Gasteiger partial charge in [-0.05, 0) is 12.1 Å². The average Bonchev–Trinajstić information content (AvgIpc) is 2.49. The highest BCUT2D eigenvalue weighted by molar-refractivity contribution is 6.12. The first kappa shape index (κ1) is 11.3. The lowest BCUT2D eigenvalue weighted by atomic mass is 10.2. The lowest BCUT2D eigenvalue weighted by Gasteiger charge is -2.29. The minimum atomic E-state index is -0.358. The van der Waals surface area contributed by atoms with Gasteiger partial charge in [-0.25, -0.2) is 20.7 Å². The van der Waals surface area contributed by atoms with Gasteiger partial charge in [0.25, 0.3) is 0 Å². The largest absolute Gasteiger partial charge is 0.354 e. The van der Waals surface area contributed by atoms with E-state index < -0.39 is 0 Å². The first-order valence-corrected chi connectivity index (χ1v) is 5.89. The van der Waals surface area contributed by atoms with Crippen molar-refractivity contribution in [2.75, 3.05) is 5.01 Å². The van der Waals surface area contributed by atoms with Crippen LogP contribution in [0, 0.1) is 0 Å². The van der Waals surface area contributed by atoms with Gasteiger partial charge in [0.2, 0.25) is 0 Å². The maximum Gasteiger partial charge on any atom is 0.354 e. The molecule has 19 heavy (non-hydrogen) atoms. The van der Waals surface area contributed by atoms with E-state index in [0.717, 1.165) is 11.3 Å². The fourth-order valence-electron chi connectivity index (χ4n) is 1.88. The number of carbonyl (C=O) groups excluding carboxylic acids is 1. The molecule has 0 radical (unpaired) electrons. The molecule has 94 valence electrons. The monoisotopic (exact) mass is 252 g/mol. The van der Waals surface area contributed by atoms with Crippen molar-refractivity contribution in [2.45, 2.75) is 0 Å². The second kappa shape index (κ2) is 4.81. The van der Waals surface area contributed by atoms with Crippen molar-refractivity contribution in [2.24, 2.45) is 5.10 Å². The Hall–Kier alpha value is -2.82. The topological polar surface area (TPSA) is 56.7 Å². The number of carbonyl (C=O) groups is 1. The number of anilines is 1. The maximum atomic E-state index is 11.5. The van der Waals surface area contributed by atoms with Crippen LogP contribution in [0.5, 0.6) is 0 Å². The van der Waals surface area contributed by atoms with Crippen molar-refractivity contribution in [1.82, 2.24) is 10.9 Å². The van der Waals surface area contributed by atoms with Crippen LogP contribution in [-0.4, -0.2) is 11.9 Å². The second-order valence-electron chi connectivity index (χ2n) is 4.03. The quantitative estimate of drug-likeness (QED) is 0.859. The van der Waals surface area contributed by atoms with E-state index in [9.17, 15) is 4.79 Å². The number of hydrazone groups is 1. The van der Waals surface area contributed by atoms with Gasteiger partial charge in [0.05, 0.1) is 5.69 Å². The molecule has 5 heteroatoms. The summed E-state index contributed by atoms with van der Waals surface area (Å²) in [7, 11) is 0. The maximum absolute atomic E-state index is 11.5.